The van der Waals surface area contributed by atoms with E-state index in [2.05, 4.69) is 0 Å². The summed E-state index contributed by atoms with van der Waals surface area (Å²) in [5.74, 6) is -9.49. The van der Waals surface area contributed by atoms with Crippen molar-refractivity contribution in [3.63, 3.8) is 0 Å². The third-order valence-electron chi connectivity index (χ3n) is 6.59. The molecule has 0 spiro atoms. The SMILES string of the molecule is C[C@H]1c2c(N)c(Cl)cc(O)c2C(O)=C2C(=O)[C@]3(O)C(O)=C(C(N)=O)C(=O)C[C@@H]3[C@@H](O)[C@@H]21. The molecule has 0 aromatic heterocycles. The van der Waals surface area contributed by atoms with Crippen LogP contribution in [0, 0.1) is 11.8 Å². The predicted molar refractivity (Wildman–Crippen MR) is 107 cm³/mol. The summed E-state index contributed by atoms with van der Waals surface area (Å²) in [7, 11) is 0. The number of carbonyl (C=O) groups excluding carboxylic acids is 3. The molecule has 3 aliphatic rings. The molecule has 31 heavy (non-hydrogen) atoms. The zero-order chi connectivity index (χ0) is 23.2. The summed E-state index contributed by atoms with van der Waals surface area (Å²) in [4.78, 5) is 37.4. The van der Waals surface area contributed by atoms with Crippen molar-refractivity contribution in [2.45, 2.75) is 31.0 Å². The number of nitrogens with two attached hydrogens (primary N) is 2. The number of halogens is 1. The van der Waals surface area contributed by atoms with Crippen LogP contribution in [-0.2, 0) is 14.4 Å². The molecule has 1 fully saturated rings. The molecule has 164 valence electrons. The first kappa shape index (κ1) is 21.2. The molecule has 4 rings (SSSR count). The molecule has 3 aliphatic carbocycles. The number of hydrogen-bond acceptors (Lipinski definition) is 9. The molecule has 10 nitrogen and oxygen atoms in total. The number of benzene rings is 1. The van der Waals surface area contributed by atoms with Gasteiger partial charge in [-0.3, -0.25) is 14.4 Å². The Hall–Kier alpha value is -3.08. The number of rotatable bonds is 1. The minimum absolute atomic E-state index is 0.00740. The summed E-state index contributed by atoms with van der Waals surface area (Å²) >= 11 is 6.04. The van der Waals surface area contributed by atoms with Gasteiger partial charge in [-0.05, 0) is 11.5 Å². The number of aromatic hydroxyl groups is 1. The number of aliphatic hydroxyl groups excluding tert-OH is 3. The van der Waals surface area contributed by atoms with Gasteiger partial charge in [0, 0.05) is 29.9 Å². The highest BCUT2D eigenvalue weighted by atomic mass is 35.5. The molecule has 1 aromatic carbocycles. The fourth-order valence-corrected chi connectivity index (χ4v) is 5.35. The van der Waals surface area contributed by atoms with Crippen LogP contribution in [0.4, 0.5) is 5.69 Å². The van der Waals surface area contributed by atoms with Crippen LogP contribution >= 0.6 is 11.6 Å². The molecular weight excluding hydrogens is 432 g/mol. The minimum Gasteiger partial charge on any atom is -0.508 e. The van der Waals surface area contributed by atoms with Crippen molar-refractivity contribution >= 4 is 40.5 Å². The molecule has 0 saturated heterocycles. The third kappa shape index (κ3) is 2.43. The fraction of sp³-hybridized carbons (Fsp3) is 0.350. The Morgan fingerprint density at radius 3 is 2.45 bits per heavy atom. The number of Topliss-reactive ketones (excluding diaryl/α,β-unsaturated/α-hetero) is 2. The molecule has 0 heterocycles. The van der Waals surface area contributed by atoms with E-state index in [0.717, 1.165) is 6.07 Å². The van der Waals surface area contributed by atoms with Crippen molar-refractivity contribution in [1.29, 1.82) is 0 Å². The van der Waals surface area contributed by atoms with Gasteiger partial charge in [-0.25, -0.2) is 0 Å². The van der Waals surface area contributed by atoms with Crippen LogP contribution in [0.1, 0.15) is 30.4 Å². The van der Waals surface area contributed by atoms with Gasteiger partial charge in [-0.1, -0.05) is 18.5 Å². The normalized spacial score (nSPS) is 32.5. The average molecular weight is 451 g/mol. The molecule has 1 amide bonds. The van der Waals surface area contributed by atoms with Gasteiger partial charge in [0.25, 0.3) is 5.91 Å². The van der Waals surface area contributed by atoms with Crippen molar-refractivity contribution in [1.82, 2.24) is 0 Å². The quantitative estimate of drug-likeness (QED) is 0.177. The van der Waals surface area contributed by atoms with Gasteiger partial charge in [0.2, 0.25) is 5.78 Å². The molecular formula is C20H19ClN2O8. The lowest BCUT2D eigenvalue weighted by Gasteiger charge is -2.50. The van der Waals surface area contributed by atoms with Crippen molar-refractivity contribution in [3.05, 3.63) is 39.1 Å². The van der Waals surface area contributed by atoms with Gasteiger partial charge in [-0.15, -0.1) is 0 Å². The van der Waals surface area contributed by atoms with E-state index < -0.39 is 81.8 Å². The molecule has 0 radical (unpaired) electrons. The second-order valence-corrected chi connectivity index (χ2v) is 8.47. The van der Waals surface area contributed by atoms with E-state index in [0.29, 0.717) is 0 Å². The zero-order valence-corrected chi connectivity index (χ0v) is 16.8. The number of ketones is 2. The standard InChI is InChI=1S/C20H19ClN2O8/c1-4-9-11(8(25)3-6(21)14(9)22)16(27)13-10(4)15(26)5-2-7(24)12(19(23)30)17(28)20(5,31)18(13)29/h3-5,10,15,25-28,31H,2,22H2,1H3,(H2,23,30)/t4-,5+,10+,15+,20+/m0/s1. The van der Waals surface area contributed by atoms with Gasteiger partial charge in [0.15, 0.2) is 11.4 Å². The Balaban J connectivity index is 2.05. The molecule has 11 heteroatoms. The molecule has 1 saturated carbocycles. The lowest BCUT2D eigenvalue weighted by molar-refractivity contribution is -0.160. The topological polar surface area (TPSA) is 204 Å². The van der Waals surface area contributed by atoms with Crippen molar-refractivity contribution in [2.24, 2.45) is 17.6 Å². The first-order valence-electron chi connectivity index (χ1n) is 9.31. The number of primary amides is 1. The number of amides is 1. The molecule has 0 bridgehead atoms. The number of anilines is 1. The van der Waals surface area contributed by atoms with E-state index in [4.69, 9.17) is 23.1 Å². The Morgan fingerprint density at radius 1 is 1.26 bits per heavy atom. The number of hydrogen-bond donors (Lipinski definition) is 7. The second kappa shape index (κ2) is 6.46. The van der Waals surface area contributed by atoms with E-state index >= 15 is 0 Å². The predicted octanol–water partition coefficient (Wildman–Crippen LogP) is 0.191. The van der Waals surface area contributed by atoms with E-state index in [1.807, 2.05) is 0 Å². The van der Waals surface area contributed by atoms with E-state index in [1.54, 1.807) is 6.92 Å². The van der Waals surface area contributed by atoms with Crippen LogP contribution in [0.15, 0.2) is 23.0 Å². The number of aliphatic hydroxyl groups is 4. The minimum atomic E-state index is -2.87. The summed E-state index contributed by atoms with van der Waals surface area (Å²) in [6.07, 6.45) is -2.27. The van der Waals surface area contributed by atoms with Crippen LogP contribution in [0.5, 0.6) is 5.75 Å². The van der Waals surface area contributed by atoms with Crippen molar-refractivity contribution < 1.29 is 39.9 Å². The number of fused-ring (bicyclic) bond motifs is 3. The Labute approximate surface area is 180 Å². The summed E-state index contributed by atoms with van der Waals surface area (Å²) in [6, 6.07) is 1.07. The zero-order valence-electron chi connectivity index (χ0n) is 16.1. The summed E-state index contributed by atoms with van der Waals surface area (Å²) in [6.45, 7) is 1.57. The van der Waals surface area contributed by atoms with Gasteiger partial charge in [0.1, 0.15) is 22.8 Å². The monoisotopic (exact) mass is 450 g/mol. The maximum atomic E-state index is 13.4. The first-order chi connectivity index (χ1) is 14.3. The van der Waals surface area contributed by atoms with Gasteiger partial charge in [0.05, 0.1) is 22.4 Å². The van der Waals surface area contributed by atoms with Crippen LogP contribution in [0.3, 0.4) is 0 Å². The Bertz CT molecular complexity index is 1160. The number of phenolic OH excluding ortho intramolecular Hbond substituents is 1. The highest BCUT2D eigenvalue weighted by Crippen LogP contribution is 2.57. The fourth-order valence-electron chi connectivity index (χ4n) is 5.14. The summed E-state index contributed by atoms with van der Waals surface area (Å²) in [5, 5.41) is 54.0. The lowest BCUT2D eigenvalue weighted by atomic mass is 9.55. The molecule has 0 aliphatic heterocycles. The average Bonchev–Trinajstić information content (AvgIpc) is 2.67. The molecule has 9 N–H and O–H groups in total. The van der Waals surface area contributed by atoms with Crippen molar-refractivity contribution in [3.8, 4) is 5.75 Å². The molecule has 0 unspecified atom stereocenters. The maximum absolute atomic E-state index is 13.4. The smallest absolute Gasteiger partial charge is 0.255 e. The third-order valence-corrected chi connectivity index (χ3v) is 6.90. The number of phenols is 1. The van der Waals surface area contributed by atoms with E-state index in [-0.39, 0.29) is 21.8 Å². The van der Waals surface area contributed by atoms with Crippen LogP contribution in [0.25, 0.3) is 5.76 Å². The molecule has 5 atom stereocenters. The largest absolute Gasteiger partial charge is 0.508 e. The Kier molecular flexibility index (Phi) is 4.41. The van der Waals surface area contributed by atoms with E-state index in [1.165, 1.54) is 0 Å². The highest BCUT2D eigenvalue weighted by Gasteiger charge is 2.65. The van der Waals surface area contributed by atoms with Gasteiger partial charge in [-0.2, -0.15) is 0 Å². The summed E-state index contributed by atoms with van der Waals surface area (Å²) in [5.41, 5.74) is 6.87. The number of nitrogen functional groups attached to an aromatic ring is 1. The second-order valence-electron chi connectivity index (χ2n) is 8.06. The van der Waals surface area contributed by atoms with Crippen molar-refractivity contribution in [2.75, 3.05) is 5.73 Å². The highest BCUT2D eigenvalue weighted by molar-refractivity contribution is 6.33. The van der Waals surface area contributed by atoms with Crippen LogP contribution < -0.4 is 11.5 Å². The van der Waals surface area contributed by atoms with E-state index in [9.17, 15) is 39.9 Å². The summed E-state index contributed by atoms with van der Waals surface area (Å²) < 4.78 is 0. The van der Waals surface area contributed by atoms with Gasteiger partial charge >= 0.3 is 0 Å². The Morgan fingerprint density at radius 2 is 1.87 bits per heavy atom. The number of carbonyl (C=O) groups is 3. The van der Waals surface area contributed by atoms with Gasteiger partial charge < -0.3 is 37.0 Å². The van der Waals surface area contributed by atoms with Crippen LogP contribution in [-0.4, -0.2) is 54.7 Å². The maximum Gasteiger partial charge on any atom is 0.255 e. The molecule has 1 aromatic rings. The van der Waals surface area contributed by atoms with Crippen LogP contribution in [0.2, 0.25) is 5.02 Å². The lowest BCUT2D eigenvalue weighted by Crippen LogP contribution is -2.63. The first-order valence-corrected chi connectivity index (χ1v) is 9.69.